The molecule has 13 heteroatoms. The van der Waals surface area contributed by atoms with Gasteiger partial charge in [0.2, 0.25) is 5.91 Å². The number of Topliss-reactive ketones (excluding diaryl/α,β-unsaturated/α-hetero) is 1. The summed E-state index contributed by atoms with van der Waals surface area (Å²) in [5, 5.41) is 32.0. The van der Waals surface area contributed by atoms with Gasteiger partial charge in [-0.15, -0.1) is 5.10 Å². The molecular formula is C18H19N7O6. The lowest BCUT2D eigenvalue weighted by Gasteiger charge is -2.42. The van der Waals surface area contributed by atoms with Gasteiger partial charge in [0, 0.05) is 18.1 Å². The summed E-state index contributed by atoms with van der Waals surface area (Å²) in [7, 11) is 0. The van der Waals surface area contributed by atoms with E-state index < -0.39 is 46.3 Å². The molecule has 1 amide bonds. The minimum absolute atomic E-state index is 0.111. The zero-order valence-electron chi connectivity index (χ0n) is 16.6. The van der Waals surface area contributed by atoms with E-state index in [0.29, 0.717) is 5.56 Å². The molecule has 3 rings (SSSR count). The summed E-state index contributed by atoms with van der Waals surface area (Å²) in [6.45, 7) is 3.00. The average molecular weight is 429 g/mol. The van der Waals surface area contributed by atoms with Crippen molar-refractivity contribution in [1.82, 2.24) is 25.5 Å². The number of ether oxygens (including phenoxy) is 1. The fourth-order valence-corrected chi connectivity index (χ4v) is 3.32. The van der Waals surface area contributed by atoms with E-state index in [9.17, 15) is 24.5 Å². The van der Waals surface area contributed by atoms with Crippen molar-refractivity contribution in [2.75, 3.05) is 0 Å². The Bertz CT molecular complexity index is 1020. The maximum atomic E-state index is 12.6. The zero-order valence-corrected chi connectivity index (χ0v) is 16.6. The third-order valence-corrected chi connectivity index (χ3v) is 5.22. The van der Waals surface area contributed by atoms with Crippen LogP contribution in [-0.2, 0) is 25.7 Å². The summed E-state index contributed by atoms with van der Waals surface area (Å²) < 4.78 is 6.38. The van der Waals surface area contributed by atoms with E-state index in [1.54, 1.807) is 6.92 Å². The van der Waals surface area contributed by atoms with E-state index >= 15 is 0 Å². The van der Waals surface area contributed by atoms with Crippen molar-refractivity contribution in [3.8, 4) is 0 Å². The number of ketones is 1. The molecule has 0 radical (unpaired) electrons. The number of hydrogen-bond acceptors (Lipinski definition) is 10. The van der Waals surface area contributed by atoms with Crippen LogP contribution >= 0.6 is 0 Å². The lowest BCUT2D eigenvalue weighted by molar-refractivity contribution is -0.384. The molecule has 2 aromatic rings. The van der Waals surface area contributed by atoms with Crippen molar-refractivity contribution >= 4 is 29.1 Å². The Morgan fingerprint density at radius 1 is 1.32 bits per heavy atom. The summed E-state index contributed by atoms with van der Waals surface area (Å²) in [6, 6.07) is 4.32. The van der Waals surface area contributed by atoms with Crippen molar-refractivity contribution < 1.29 is 24.0 Å². The Morgan fingerprint density at radius 2 is 2.00 bits per heavy atom. The third kappa shape index (κ3) is 4.44. The van der Waals surface area contributed by atoms with Gasteiger partial charge in [0.1, 0.15) is 12.9 Å². The number of rotatable bonds is 9. The fraction of sp³-hybridized carbons (Fsp3) is 0.389. The highest BCUT2D eigenvalue weighted by Gasteiger charge is 2.49. The highest BCUT2D eigenvalue weighted by atomic mass is 16.6. The van der Waals surface area contributed by atoms with Gasteiger partial charge >= 0.3 is 5.97 Å². The van der Waals surface area contributed by atoms with E-state index in [0.717, 1.165) is 0 Å². The summed E-state index contributed by atoms with van der Waals surface area (Å²) in [5.74, 6) is -3.62. The highest BCUT2D eigenvalue weighted by molar-refractivity contribution is 6.63. The Hall–Kier alpha value is -4.03. The van der Waals surface area contributed by atoms with Crippen LogP contribution in [0, 0.1) is 27.4 Å². The normalized spacial score (nSPS) is 19.5. The second-order valence-corrected chi connectivity index (χ2v) is 7.12. The Morgan fingerprint density at radius 3 is 2.55 bits per heavy atom. The number of benzene rings is 1. The molecule has 1 aliphatic rings. The van der Waals surface area contributed by atoms with Gasteiger partial charge in [-0.05, 0) is 35.0 Å². The molecular weight excluding hydrogens is 410 g/mol. The number of nitrogens with one attached hydrogen (secondary N) is 2. The molecule has 0 bridgehead atoms. The molecule has 4 atom stereocenters. The van der Waals surface area contributed by atoms with Gasteiger partial charge in [0.25, 0.3) is 5.69 Å². The largest absolute Gasteiger partial charge is 0.456 e. The number of nitrogens with zero attached hydrogens (tertiary/aromatic N) is 5. The number of nitro groups is 1. The molecule has 1 aromatic carbocycles. The predicted molar refractivity (Wildman–Crippen MR) is 103 cm³/mol. The van der Waals surface area contributed by atoms with Gasteiger partial charge in [0.15, 0.2) is 11.5 Å². The van der Waals surface area contributed by atoms with Crippen LogP contribution in [0.3, 0.4) is 0 Å². The quantitative estimate of drug-likeness (QED) is 0.141. The highest BCUT2D eigenvalue weighted by Crippen LogP contribution is 2.32. The van der Waals surface area contributed by atoms with E-state index in [2.05, 4.69) is 20.8 Å². The van der Waals surface area contributed by atoms with Crippen molar-refractivity contribution in [3.63, 3.8) is 0 Å². The molecule has 2 heterocycles. The lowest BCUT2D eigenvalue weighted by atomic mass is 9.75. The first-order chi connectivity index (χ1) is 14.7. The number of amides is 1. The topological polar surface area (TPSA) is 183 Å². The minimum atomic E-state index is -1.12. The van der Waals surface area contributed by atoms with Crippen LogP contribution in [0.2, 0.25) is 0 Å². The summed E-state index contributed by atoms with van der Waals surface area (Å²) in [6.07, 6.45) is 1.36. The van der Waals surface area contributed by atoms with Gasteiger partial charge < -0.3 is 10.1 Å². The first-order valence-corrected chi connectivity index (χ1v) is 9.26. The molecule has 0 aliphatic carbocycles. The molecule has 1 aliphatic heterocycles. The minimum Gasteiger partial charge on any atom is -0.456 e. The van der Waals surface area contributed by atoms with Crippen molar-refractivity contribution in [3.05, 3.63) is 46.3 Å². The van der Waals surface area contributed by atoms with E-state index in [1.165, 1.54) is 42.2 Å². The lowest BCUT2D eigenvalue weighted by Crippen LogP contribution is -2.64. The van der Waals surface area contributed by atoms with Gasteiger partial charge in [-0.25, -0.2) is 9.48 Å². The van der Waals surface area contributed by atoms with E-state index in [1.807, 2.05) is 0 Å². The third-order valence-electron chi connectivity index (χ3n) is 5.22. The maximum absolute atomic E-state index is 12.6. The first kappa shape index (κ1) is 21.7. The van der Waals surface area contributed by atoms with Crippen LogP contribution in [0.25, 0.3) is 0 Å². The SMILES string of the molecule is C[C@H](C1C(=O)NC1[C@@H](C)C(=O)C(=N)C(=O)OCc1ccc([N+](=O)[O-])cc1)n1cnnn1. The summed E-state index contributed by atoms with van der Waals surface area (Å²) >= 11 is 0. The number of β-lactam (4-membered cyclic amide) rings is 1. The van der Waals surface area contributed by atoms with Gasteiger partial charge in [-0.2, -0.15) is 0 Å². The molecule has 2 N–H and O–H groups in total. The maximum Gasteiger partial charge on any atom is 0.360 e. The molecule has 2 unspecified atom stereocenters. The van der Waals surface area contributed by atoms with Crippen molar-refractivity contribution in [1.29, 1.82) is 5.41 Å². The second kappa shape index (κ2) is 8.77. The van der Waals surface area contributed by atoms with Gasteiger partial charge in [-0.1, -0.05) is 6.92 Å². The Balaban J connectivity index is 1.58. The molecule has 31 heavy (non-hydrogen) atoms. The standard InChI is InChI=1S/C18H19N7O6/c1-9(15-13(17(27)21-15)10(2)24-8-20-22-23-24)16(26)14(19)18(28)31-7-11-3-5-12(6-4-11)25(29)30/h3-6,8-10,13,15,19H,7H2,1-2H3,(H,21,27)/t9-,10-,13?,15?/m1/s1. The van der Waals surface area contributed by atoms with Gasteiger partial charge in [-0.3, -0.25) is 25.1 Å². The Labute approximate surface area is 175 Å². The van der Waals surface area contributed by atoms with E-state index in [-0.39, 0.29) is 18.2 Å². The first-order valence-electron chi connectivity index (χ1n) is 9.26. The molecule has 1 fully saturated rings. The molecule has 1 aromatic heterocycles. The molecule has 162 valence electrons. The average Bonchev–Trinajstić information content (AvgIpc) is 3.29. The van der Waals surface area contributed by atoms with Gasteiger partial charge in [0.05, 0.1) is 22.9 Å². The summed E-state index contributed by atoms with van der Waals surface area (Å²) in [5.41, 5.74) is -0.488. The second-order valence-electron chi connectivity index (χ2n) is 7.12. The number of carbonyl (C=O) groups excluding carboxylic acids is 3. The summed E-state index contributed by atoms with van der Waals surface area (Å²) in [4.78, 5) is 46.9. The zero-order chi connectivity index (χ0) is 22.7. The number of tetrazole rings is 1. The number of aromatic nitrogens is 4. The van der Waals surface area contributed by atoms with Crippen LogP contribution < -0.4 is 5.32 Å². The number of non-ortho nitro benzene ring substituents is 1. The number of nitro benzene ring substituents is 1. The monoisotopic (exact) mass is 429 g/mol. The van der Waals surface area contributed by atoms with E-state index in [4.69, 9.17) is 10.1 Å². The Kier molecular flexibility index (Phi) is 6.13. The van der Waals surface area contributed by atoms with Crippen LogP contribution in [-0.4, -0.2) is 54.5 Å². The number of carbonyl (C=O) groups is 3. The molecule has 13 nitrogen and oxygen atoms in total. The fourth-order valence-electron chi connectivity index (χ4n) is 3.32. The van der Waals surface area contributed by atoms with Crippen LogP contribution in [0.1, 0.15) is 25.5 Å². The van der Waals surface area contributed by atoms with Crippen molar-refractivity contribution in [2.24, 2.45) is 11.8 Å². The number of hydrogen-bond donors (Lipinski definition) is 2. The molecule has 0 spiro atoms. The van der Waals surface area contributed by atoms with Crippen LogP contribution in [0.5, 0.6) is 0 Å². The van der Waals surface area contributed by atoms with Crippen LogP contribution in [0.4, 0.5) is 5.69 Å². The smallest absolute Gasteiger partial charge is 0.360 e. The van der Waals surface area contributed by atoms with Crippen molar-refractivity contribution in [2.45, 2.75) is 32.5 Å². The van der Waals surface area contributed by atoms with Crippen LogP contribution in [0.15, 0.2) is 30.6 Å². The molecule has 0 saturated carbocycles. The predicted octanol–water partition coefficient (Wildman–Crippen LogP) is 0.225. The molecule has 1 saturated heterocycles. The number of esters is 1.